The van der Waals surface area contributed by atoms with Crippen molar-refractivity contribution in [2.75, 3.05) is 6.61 Å². The molecule has 2 N–H and O–H groups in total. The van der Waals surface area contributed by atoms with Crippen molar-refractivity contribution in [1.82, 2.24) is 19.5 Å². The lowest BCUT2D eigenvalue weighted by Crippen LogP contribution is -2.24. The van der Waals surface area contributed by atoms with Crippen LogP contribution in [0.25, 0.3) is 0 Å². The molecule has 0 radical (unpaired) electrons. The Morgan fingerprint density at radius 1 is 1.32 bits per heavy atom. The molecule has 0 saturated heterocycles. The minimum atomic E-state index is 0.422. The Morgan fingerprint density at radius 2 is 2.16 bits per heavy atom. The summed E-state index contributed by atoms with van der Waals surface area (Å²) in [4.78, 5) is 12.6. The zero-order valence-electron chi connectivity index (χ0n) is 10.7. The molecule has 2 aromatic heterocycles. The molecule has 1 aliphatic heterocycles. The zero-order valence-corrected chi connectivity index (χ0v) is 10.7. The topological polar surface area (TPSA) is 78.9 Å². The molecule has 0 saturated carbocycles. The predicted octanol–water partition coefficient (Wildman–Crippen LogP) is 0.773. The Bertz CT molecular complexity index is 536. The number of ether oxygens (including phenoxy) is 1. The average molecular weight is 259 g/mol. The maximum absolute atomic E-state index is 5.64. The molecule has 1 atom stereocenters. The van der Waals surface area contributed by atoms with Gasteiger partial charge in [-0.15, -0.1) is 0 Å². The van der Waals surface area contributed by atoms with E-state index in [1.54, 1.807) is 12.4 Å². The molecule has 100 valence electrons. The van der Waals surface area contributed by atoms with Crippen molar-refractivity contribution in [2.45, 2.75) is 25.9 Å². The van der Waals surface area contributed by atoms with Gasteiger partial charge in [0.1, 0.15) is 5.82 Å². The first-order valence-electron chi connectivity index (χ1n) is 6.49. The van der Waals surface area contributed by atoms with Gasteiger partial charge in [-0.1, -0.05) is 0 Å². The number of hydrogen-bond donors (Lipinski definition) is 1. The van der Waals surface area contributed by atoms with Crippen LogP contribution in [0.2, 0.25) is 0 Å². The highest BCUT2D eigenvalue weighted by atomic mass is 16.5. The third-order valence-electron chi connectivity index (χ3n) is 3.42. The largest absolute Gasteiger partial charge is 0.463 e. The van der Waals surface area contributed by atoms with Crippen molar-refractivity contribution >= 4 is 0 Å². The normalized spacial score (nSPS) is 18.1. The number of aryl methyl sites for hydroxylation is 1. The second-order valence-electron chi connectivity index (χ2n) is 4.78. The molecular formula is C13H17N5O. The van der Waals surface area contributed by atoms with Crippen LogP contribution in [0.15, 0.2) is 24.8 Å². The van der Waals surface area contributed by atoms with E-state index in [1.807, 2.05) is 12.4 Å². The molecule has 6 nitrogen and oxygen atoms in total. The van der Waals surface area contributed by atoms with E-state index < -0.39 is 0 Å². The van der Waals surface area contributed by atoms with Gasteiger partial charge in [-0.2, -0.15) is 0 Å². The minimum absolute atomic E-state index is 0.422. The van der Waals surface area contributed by atoms with Crippen LogP contribution in [0.1, 0.15) is 17.8 Å². The summed E-state index contributed by atoms with van der Waals surface area (Å²) < 4.78 is 7.83. The second-order valence-corrected chi connectivity index (χ2v) is 4.78. The van der Waals surface area contributed by atoms with Crippen LogP contribution < -0.4 is 10.5 Å². The summed E-state index contributed by atoms with van der Waals surface area (Å²) >= 11 is 0. The highest BCUT2D eigenvalue weighted by Gasteiger charge is 2.19. The van der Waals surface area contributed by atoms with Crippen molar-refractivity contribution in [3.63, 3.8) is 0 Å². The maximum atomic E-state index is 5.64. The first kappa shape index (κ1) is 12.1. The summed E-state index contributed by atoms with van der Waals surface area (Å²) in [5.74, 6) is 1.62. The van der Waals surface area contributed by atoms with Crippen molar-refractivity contribution in [2.24, 2.45) is 11.7 Å². The SMILES string of the molecule is NCc1cnc(OCC2CCn3ccnc3C2)nc1. The molecule has 0 aliphatic carbocycles. The monoisotopic (exact) mass is 259 g/mol. The Labute approximate surface area is 111 Å². The fourth-order valence-electron chi connectivity index (χ4n) is 2.27. The summed E-state index contributed by atoms with van der Waals surface area (Å²) in [6.07, 6.45) is 9.35. The summed E-state index contributed by atoms with van der Waals surface area (Å²) in [5, 5.41) is 0. The fourth-order valence-corrected chi connectivity index (χ4v) is 2.27. The number of nitrogens with zero attached hydrogens (tertiary/aromatic N) is 4. The van der Waals surface area contributed by atoms with Gasteiger partial charge >= 0.3 is 6.01 Å². The van der Waals surface area contributed by atoms with Gasteiger partial charge in [0.2, 0.25) is 0 Å². The molecule has 6 heteroatoms. The van der Waals surface area contributed by atoms with Crippen LogP contribution in [0.3, 0.4) is 0 Å². The number of hydrogen-bond acceptors (Lipinski definition) is 5. The smallest absolute Gasteiger partial charge is 0.316 e. The molecule has 0 fully saturated rings. The van der Waals surface area contributed by atoms with E-state index in [0.717, 1.165) is 30.8 Å². The summed E-state index contributed by atoms with van der Waals surface area (Å²) in [7, 11) is 0. The fraction of sp³-hybridized carbons (Fsp3) is 0.462. The highest BCUT2D eigenvalue weighted by molar-refractivity contribution is 5.06. The Hall–Kier alpha value is -1.95. The van der Waals surface area contributed by atoms with Crippen molar-refractivity contribution in [1.29, 1.82) is 0 Å². The minimum Gasteiger partial charge on any atom is -0.463 e. The molecule has 0 bridgehead atoms. The van der Waals surface area contributed by atoms with Gasteiger partial charge < -0.3 is 15.0 Å². The van der Waals surface area contributed by atoms with Gasteiger partial charge in [0.05, 0.1) is 6.61 Å². The quantitative estimate of drug-likeness (QED) is 0.877. The van der Waals surface area contributed by atoms with Gasteiger partial charge in [0, 0.05) is 55.8 Å². The molecular weight excluding hydrogens is 242 g/mol. The zero-order chi connectivity index (χ0) is 13.1. The third-order valence-corrected chi connectivity index (χ3v) is 3.42. The van der Waals surface area contributed by atoms with E-state index in [9.17, 15) is 0 Å². The van der Waals surface area contributed by atoms with E-state index in [0.29, 0.717) is 25.1 Å². The summed E-state index contributed by atoms with van der Waals surface area (Å²) in [6.45, 7) is 2.09. The molecule has 3 rings (SSSR count). The van der Waals surface area contributed by atoms with Gasteiger partial charge in [-0.05, 0) is 6.42 Å². The number of rotatable bonds is 4. The molecule has 2 aromatic rings. The van der Waals surface area contributed by atoms with E-state index in [-0.39, 0.29) is 0 Å². The van der Waals surface area contributed by atoms with Gasteiger partial charge in [0.15, 0.2) is 0 Å². The Kier molecular flexibility index (Phi) is 3.41. The standard InChI is InChI=1S/C13H17N5O/c14-6-11-7-16-13(17-8-11)19-9-10-1-3-18-4-2-15-12(18)5-10/h2,4,7-8,10H,1,3,5-6,9,14H2. The summed E-state index contributed by atoms with van der Waals surface area (Å²) in [6, 6.07) is 0.422. The summed E-state index contributed by atoms with van der Waals surface area (Å²) in [5.41, 5.74) is 6.41. The molecule has 0 spiro atoms. The van der Waals surface area contributed by atoms with Crippen LogP contribution >= 0.6 is 0 Å². The van der Waals surface area contributed by atoms with Crippen LogP contribution in [-0.2, 0) is 19.5 Å². The van der Waals surface area contributed by atoms with Crippen molar-refractivity contribution in [3.8, 4) is 6.01 Å². The number of aromatic nitrogens is 4. The first-order valence-corrected chi connectivity index (χ1v) is 6.49. The lowest BCUT2D eigenvalue weighted by Gasteiger charge is -2.22. The molecule has 1 unspecified atom stereocenters. The van der Waals surface area contributed by atoms with Gasteiger partial charge in [0.25, 0.3) is 0 Å². The molecule has 0 amide bonds. The van der Waals surface area contributed by atoms with E-state index in [4.69, 9.17) is 10.5 Å². The second kappa shape index (κ2) is 5.36. The Morgan fingerprint density at radius 3 is 2.95 bits per heavy atom. The average Bonchev–Trinajstić information content (AvgIpc) is 2.93. The van der Waals surface area contributed by atoms with Gasteiger partial charge in [-0.25, -0.2) is 15.0 Å². The maximum Gasteiger partial charge on any atom is 0.316 e. The highest BCUT2D eigenvalue weighted by Crippen LogP contribution is 2.19. The lowest BCUT2D eigenvalue weighted by molar-refractivity contribution is 0.205. The van der Waals surface area contributed by atoms with Gasteiger partial charge in [-0.3, -0.25) is 0 Å². The van der Waals surface area contributed by atoms with Crippen molar-refractivity contribution < 1.29 is 4.74 Å². The molecule has 19 heavy (non-hydrogen) atoms. The van der Waals surface area contributed by atoms with Crippen LogP contribution in [0.5, 0.6) is 6.01 Å². The van der Waals surface area contributed by atoms with Crippen LogP contribution in [0.4, 0.5) is 0 Å². The number of imidazole rings is 1. The molecule has 1 aliphatic rings. The molecule has 3 heterocycles. The van der Waals surface area contributed by atoms with E-state index >= 15 is 0 Å². The van der Waals surface area contributed by atoms with E-state index in [2.05, 4.69) is 19.5 Å². The van der Waals surface area contributed by atoms with Crippen molar-refractivity contribution in [3.05, 3.63) is 36.2 Å². The number of fused-ring (bicyclic) bond motifs is 1. The predicted molar refractivity (Wildman–Crippen MR) is 69.5 cm³/mol. The third kappa shape index (κ3) is 2.73. The number of nitrogens with two attached hydrogens (primary N) is 1. The lowest BCUT2D eigenvalue weighted by atomic mass is 9.99. The van der Waals surface area contributed by atoms with E-state index in [1.165, 1.54) is 0 Å². The Balaban J connectivity index is 1.55. The molecule has 0 aromatic carbocycles. The van der Waals surface area contributed by atoms with Crippen LogP contribution in [0, 0.1) is 5.92 Å². The first-order chi connectivity index (χ1) is 9.35. The van der Waals surface area contributed by atoms with Crippen LogP contribution in [-0.4, -0.2) is 26.1 Å².